The molecule has 2 bridgehead atoms. The SMILES string of the molecule is COC(CNC(=O)C1C2CCC(C2)C1N)c1ccccc1. The van der Waals surface area contributed by atoms with Crippen LogP contribution in [0.15, 0.2) is 30.3 Å². The van der Waals surface area contributed by atoms with Gasteiger partial charge >= 0.3 is 0 Å². The molecule has 1 aromatic rings. The second-order valence-corrected chi connectivity index (χ2v) is 6.32. The third-order valence-electron chi connectivity index (χ3n) is 5.20. The molecule has 2 aliphatic carbocycles. The summed E-state index contributed by atoms with van der Waals surface area (Å²) in [5.74, 6) is 1.14. The van der Waals surface area contributed by atoms with Crippen LogP contribution in [0.25, 0.3) is 0 Å². The van der Waals surface area contributed by atoms with E-state index in [9.17, 15) is 4.79 Å². The van der Waals surface area contributed by atoms with E-state index in [4.69, 9.17) is 10.5 Å². The molecule has 1 aromatic carbocycles. The van der Waals surface area contributed by atoms with Crippen LogP contribution in [0.3, 0.4) is 0 Å². The lowest BCUT2D eigenvalue weighted by atomic mass is 9.84. The molecule has 0 radical (unpaired) electrons. The number of benzene rings is 1. The van der Waals surface area contributed by atoms with Crippen LogP contribution in [-0.2, 0) is 9.53 Å². The van der Waals surface area contributed by atoms with Gasteiger partial charge in [-0.1, -0.05) is 30.3 Å². The largest absolute Gasteiger partial charge is 0.375 e. The first-order valence-corrected chi connectivity index (χ1v) is 7.81. The van der Waals surface area contributed by atoms with Crippen molar-refractivity contribution in [2.24, 2.45) is 23.5 Å². The van der Waals surface area contributed by atoms with Crippen molar-refractivity contribution in [3.05, 3.63) is 35.9 Å². The Hall–Kier alpha value is -1.39. The standard InChI is InChI=1S/C17H24N2O2/c1-21-14(11-5-3-2-4-6-11)10-19-17(20)15-12-7-8-13(9-12)16(15)18/h2-6,12-16H,7-10,18H2,1H3,(H,19,20). The zero-order chi connectivity index (χ0) is 14.8. The summed E-state index contributed by atoms with van der Waals surface area (Å²) in [6.07, 6.45) is 3.37. The third-order valence-corrected chi connectivity index (χ3v) is 5.20. The summed E-state index contributed by atoms with van der Waals surface area (Å²) in [6, 6.07) is 10.0. The number of ether oxygens (including phenoxy) is 1. The van der Waals surface area contributed by atoms with Gasteiger partial charge in [0.15, 0.2) is 0 Å². The molecular formula is C17H24N2O2. The van der Waals surface area contributed by atoms with Gasteiger partial charge in [-0.15, -0.1) is 0 Å². The van der Waals surface area contributed by atoms with Crippen LogP contribution in [0.2, 0.25) is 0 Å². The first-order valence-electron chi connectivity index (χ1n) is 7.81. The van der Waals surface area contributed by atoms with Gasteiger partial charge in [-0.25, -0.2) is 0 Å². The van der Waals surface area contributed by atoms with Crippen LogP contribution in [0.1, 0.15) is 30.9 Å². The Bertz CT molecular complexity index is 489. The molecule has 3 N–H and O–H groups in total. The molecule has 0 spiro atoms. The minimum Gasteiger partial charge on any atom is -0.375 e. The summed E-state index contributed by atoms with van der Waals surface area (Å²) in [5, 5.41) is 3.05. The molecule has 5 atom stereocenters. The lowest BCUT2D eigenvalue weighted by Gasteiger charge is -2.27. The molecule has 3 rings (SSSR count). The summed E-state index contributed by atoms with van der Waals surface area (Å²) in [7, 11) is 1.67. The number of nitrogens with one attached hydrogen (secondary N) is 1. The van der Waals surface area contributed by atoms with Crippen molar-refractivity contribution in [1.82, 2.24) is 5.32 Å². The molecule has 0 aromatic heterocycles. The number of hydrogen-bond acceptors (Lipinski definition) is 3. The van der Waals surface area contributed by atoms with Crippen molar-refractivity contribution in [1.29, 1.82) is 0 Å². The van der Waals surface area contributed by atoms with E-state index >= 15 is 0 Å². The zero-order valence-corrected chi connectivity index (χ0v) is 12.5. The Kier molecular flexibility index (Phi) is 4.27. The van der Waals surface area contributed by atoms with E-state index in [1.165, 1.54) is 6.42 Å². The number of carbonyl (C=O) groups excluding carboxylic acids is 1. The van der Waals surface area contributed by atoms with Crippen molar-refractivity contribution >= 4 is 5.91 Å². The number of nitrogens with two attached hydrogens (primary N) is 1. The quantitative estimate of drug-likeness (QED) is 0.869. The minimum atomic E-state index is -0.107. The van der Waals surface area contributed by atoms with Gasteiger partial charge in [0.1, 0.15) is 0 Å². The smallest absolute Gasteiger partial charge is 0.225 e. The van der Waals surface area contributed by atoms with Crippen LogP contribution in [0, 0.1) is 17.8 Å². The van der Waals surface area contributed by atoms with Crippen molar-refractivity contribution in [3.8, 4) is 0 Å². The van der Waals surface area contributed by atoms with E-state index in [0.29, 0.717) is 18.4 Å². The molecule has 2 fully saturated rings. The number of carbonyl (C=O) groups is 1. The normalized spacial score (nSPS) is 32.1. The lowest BCUT2D eigenvalue weighted by molar-refractivity contribution is -0.127. The van der Waals surface area contributed by atoms with Gasteiger partial charge in [0.25, 0.3) is 0 Å². The van der Waals surface area contributed by atoms with Crippen molar-refractivity contribution in [2.45, 2.75) is 31.4 Å². The number of rotatable bonds is 5. The predicted molar refractivity (Wildman–Crippen MR) is 81.5 cm³/mol. The molecule has 4 heteroatoms. The Morgan fingerprint density at radius 1 is 1.33 bits per heavy atom. The highest BCUT2D eigenvalue weighted by Gasteiger charge is 2.48. The van der Waals surface area contributed by atoms with Gasteiger partial charge in [-0.05, 0) is 36.7 Å². The third kappa shape index (κ3) is 2.83. The first kappa shape index (κ1) is 14.5. The van der Waals surface area contributed by atoms with Gasteiger partial charge in [-0.2, -0.15) is 0 Å². The first-order chi connectivity index (χ1) is 10.2. The highest BCUT2D eigenvalue weighted by atomic mass is 16.5. The van der Waals surface area contributed by atoms with Crippen molar-refractivity contribution < 1.29 is 9.53 Å². The van der Waals surface area contributed by atoms with Crippen LogP contribution in [0.5, 0.6) is 0 Å². The highest BCUT2D eigenvalue weighted by Crippen LogP contribution is 2.47. The van der Waals surface area contributed by atoms with E-state index < -0.39 is 0 Å². The minimum absolute atomic E-state index is 0.00275. The number of amides is 1. The number of methoxy groups -OCH3 is 1. The maximum atomic E-state index is 12.5. The van der Waals surface area contributed by atoms with Gasteiger partial charge in [-0.3, -0.25) is 4.79 Å². The predicted octanol–water partition coefficient (Wildman–Crippen LogP) is 1.86. The molecule has 2 saturated carbocycles. The molecule has 1 amide bonds. The Labute approximate surface area is 126 Å². The maximum Gasteiger partial charge on any atom is 0.225 e. The molecule has 0 saturated heterocycles. The van der Waals surface area contributed by atoms with Crippen LogP contribution >= 0.6 is 0 Å². The van der Waals surface area contributed by atoms with Crippen LogP contribution in [0.4, 0.5) is 0 Å². The van der Waals surface area contributed by atoms with E-state index in [2.05, 4.69) is 5.32 Å². The molecular weight excluding hydrogens is 264 g/mol. The zero-order valence-electron chi connectivity index (χ0n) is 12.5. The summed E-state index contributed by atoms with van der Waals surface area (Å²) >= 11 is 0. The average molecular weight is 288 g/mol. The second kappa shape index (κ2) is 6.16. The van der Waals surface area contributed by atoms with E-state index in [1.807, 2.05) is 30.3 Å². The van der Waals surface area contributed by atoms with Gasteiger partial charge < -0.3 is 15.8 Å². The molecule has 114 valence electrons. The van der Waals surface area contributed by atoms with E-state index in [1.54, 1.807) is 7.11 Å². The van der Waals surface area contributed by atoms with Gasteiger partial charge in [0.05, 0.1) is 12.0 Å². The van der Waals surface area contributed by atoms with E-state index in [0.717, 1.165) is 18.4 Å². The number of hydrogen-bond donors (Lipinski definition) is 2. The molecule has 5 unspecified atom stereocenters. The Morgan fingerprint density at radius 2 is 2.05 bits per heavy atom. The van der Waals surface area contributed by atoms with E-state index in [-0.39, 0.29) is 24.0 Å². The molecule has 0 aliphatic heterocycles. The Morgan fingerprint density at radius 3 is 2.67 bits per heavy atom. The molecule has 21 heavy (non-hydrogen) atoms. The average Bonchev–Trinajstić information content (AvgIpc) is 3.09. The topological polar surface area (TPSA) is 64.3 Å². The Balaban J connectivity index is 1.58. The summed E-state index contributed by atoms with van der Waals surface area (Å²) in [6.45, 7) is 0.500. The molecule has 4 nitrogen and oxygen atoms in total. The highest BCUT2D eigenvalue weighted by molar-refractivity contribution is 5.80. The van der Waals surface area contributed by atoms with Gasteiger partial charge in [0, 0.05) is 19.7 Å². The fraction of sp³-hybridized carbons (Fsp3) is 0.588. The summed E-state index contributed by atoms with van der Waals surface area (Å²) in [4.78, 5) is 12.5. The van der Waals surface area contributed by atoms with Crippen LogP contribution < -0.4 is 11.1 Å². The van der Waals surface area contributed by atoms with Crippen LogP contribution in [-0.4, -0.2) is 25.6 Å². The summed E-state index contributed by atoms with van der Waals surface area (Å²) < 4.78 is 5.49. The van der Waals surface area contributed by atoms with Crippen molar-refractivity contribution in [3.63, 3.8) is 0 Å². The monoisotopic (exact) mass is 288 g/mol. The maximum absolute atomic E-state index is 12.5. The second-order valence-electron chi connectivity index (χ2n) is 6.32. The fourth-order valence-corrected chi connectivity index (χ4v) is 4.04. The van der Waals surface area contributed by atoms with Crippen molar-refractivity contribution in [2.75, 3.05) is 13.7 Å². The number of fused-ring (bicyclic) bond motifs is 2. The fourth-order valence-electron chi connectivity index (χ4n) is 4.04. The lowest BCUT2D eigenvalue weighted by Crippen LogP contribution is -2.46. The molecule has 2 aliphatic rings. The summed E-state index contributed by atoms with van der Waals surface area (Å²) in [5.41, 5.74) is 7.30. The molecule has 0 heterocycles. The van der Waals surface area contributed by atoms with Gasteiger partial charge in [0.2, 0.25) is 5.91 Å².